The van der Waals surface area contributed by atoms with Crippen LogP contribution in [0.3, 0.4) is 0 Å². The van der Waals surface area contributed by atoms with Crippen molar-refractivity contribution >= 4 is 5.91 Å². The van der Waals surface area contributed by atoms with E-state index in [4.69, 9.17) is 0 Å². The fraction of sp³-hybridized carbons (Fsp3) is 0.412. The highest BCUT2D eigenvalue weighted by atomic mass is 19.1. The van der Waals surface area contributed by atoms with Crippen LogP contribution in [0.1, 0.15) is 36.0 Å². The lowest BCUT2D eigenvalue weighted by atomic mass is 9.87. The molecule has 1 aromatic heterocycles. The first-order valence-electron chi connectivity index (χ1n) is 7.89. The Morgan fingerprint density at radius 2 is 2.22 bits per heavy atom. The normalized spacial score (nSPS) is 21.1. The van der Waals surface area contributed by atoms with E-state index in [9.17, 15) is 14.3 Å². The maximum Gasteiger partial charge on any atom is 0.255 e. The second-order valence-corrected chi connectivity index (χ2v) is 6.04. The summed E-state index contributed by atoms with van der Waals surface area (Å²) in [6.45, 7) is 0.512. The maximum atomic E-state index is 13.9. The summed E-state index contributed by atoms with van der Waals surface area (Å²) < 4.78 is 13.9. The van der Waals surface area contributed by atoms with Crippen LogP contribution in [0.4, 0.5) is 4.39 Å². The molecule has 1 aliphatic carbocycles. The van der Waals surface area contributed by atoms with Crippen molar-refractivity contribution in [3.8, 4) is 11.3 Å². The number of aliphatic hydroxyl groups is 1. The third-order valence-corrected chi connectivity index (χ3v) is 4.33. The highest BCUT2D eigenvalue weighted by molar-refractivity contribution is 5.99. The Bertz CT molecular complexity index is 686. The molecule has 0 bridgehead atoms. The topological polar surface area (TPSA) is 78.0 Å². The summed E-state index contributed by atoms with van der Waals surface area (Å²) in [6.07, 6.45) is 4.67. The molecule has 3 rings (SSSR count). The number of hydrogen-bond donors (Lipinski definition) is 3. The average molecular weight is 317 g/mol. The van der Waals surface area contributed by atoms with Gasteiger partial charge in [-0.25, -0.2) is 4.39 Å². The molecular weight excluding hydrogens is 297 g/mol. The smallest absolute Gasteiger partial charge is 0.255 e. The first-order chi connectivity index (χ1) is 11.1. The summed E-state index contributed by atoms with van der Waals surface area (Å²) in [4.78, 5) is 12.4. The third kappa shape index (κ3) is 3.59. The van der Waals surface area contributed by atoms with Gasteiger partial charge in [-0.15, -0.1) is 0 Å². The predicted molar refractivity (Wildman–Crippen MR) is 84.3 cm³/mol. The van der Waals surface area contributed by atoms with E-state index in [1.807, 2.05) is 0 Å². The molecule has 2 atom stereocenters. The number of benzene rings is 1. The van der Waals surface area contributed by atoms with Crippen molar-refractivity contribution in [2.24, 2.45) is 5.92 Å². The number of aliphatic hydroxyl groups excluding tert-OH is 1. The molecule has 1 heterocycles. The van der Waals surface area contributed by atoms with Gasteiger partial charge in [0.25, 0.3) is 5.91 Å². The van der Waals surface area contributed by atoms with Crippen LogP contribution in [0, 0.1) is 11.7 Å². The van der Waals surface area contributed by atoms with Crippen LogP contribution in [0.2, 0.25) is 0 Å². The highest BCUT2D eigenvalue weighted by Crippen LogP contribution is 2.25. The summed E-state index contributed by atoms with van der Waals surface area (Å²) in [6, 6.07) is 6.27. The Hall–Kier alpha value is -2.21. The molecule has 1 saturated carbocycles. The van der Waals surface area contributed by atoms with Gasteiger partial charge in [0.05, 0.1) is 23.6 Å². The number of hydrogen-bond acceptors (Lipinski definition) is 3. The van der Waals surface area contributed by atoms with Gasteiger partial charge >= 0.3 is 0 Å². The van der Waals surface area contributed by atoms with Gasteiger partial charge in [0.2, 0.25) is 0 Å². The minimum Gasteiger partial charge on any atom is -0.393 e. The molecule has 0 aliphatic heterocycles. The lowest BCUT2D eigenvalue weighted by molar-refractivity contribution is 0.0874. The van der Waals surface area contributed by atoms with Crippen LogP contribution in [0.25, 0.3) is 11.3 Å². The lowest BCUT2D eigenvalue weighted by Crippen LogP contribution is -2.33. The molecule has 0 saturated heterocycles. The molecular formula is C17H20FN3O2. The third-order valence-electron chi connectivity index (χ3n) is 4.33. The summed E-state index contributed by atoms with van der Waals surface area (Å²) in [5.74, 6) is -0.398. The van der Waals surface area contributed by atoms with Gasteiger partial charge in [-0.05, 0) is 37.3 Å². The number of nitrogens with one attached hydrogen (secondary N) is 2. The standard InChI is InChI=1S/C17H20FN3O2/c18-15-7-2-1-6-13(15)16-14(10-20-21-16)17(23)19-9-11-4-3-5-12(22)8-11/h1-2,6-7,10-12,22H,3-5,8-9H2,(H,19,23)(H,20,21). The van der Waals surface area contributed by atoms with Crippen LogP contribution in [-0.4, -0.2) is 33.9 Å². The highest BCUT2D eigenvalue weighted by Gasteiger charge is 2.22. The maximum absolute atomic E-state index is 13.9. The summed E-state index contributed by atoms with van der Waals surface area (Å²) in [5, 5.41) is 19.1. The number of H-pyrrole nitrogens is 1. The average Bonchev–Trinajstić information content (AvgIpc) is 3.02. The summed E-state index contributed by atoms with van der Waals surface area (Å²) >= 11 is 0. The number of rotatable bonds is 4. The Morgan fingerprint density at radius 1 is 1.39 bits per heavy atom. The van der Waals surface area contributed by atoms with Crippen LogP contribution in [0.5, 0.6) is 0 Å². The molecule has 3 N–H and O–H groups in total. The van der Waals surface area contributed by atoms with E-state index >= 15 is 0 Å². The Balaban J connectivity index is 1.69. The Kier molecular flexibility index (Phi) is 4.71. The van der Waals surface area contributed by atoms with Gasteiger partial charge in [0, 0.05) is 12.1 Å². The van der Waals surface area contributed by atoms with Crippen molar-refractivity contribution in [2.75, 3.05) is 6.54 Å². The second-order valence-electron chi connectivity index (χ2n) is 6.04. The molecule has 6 heteroatoms. The van der Waals surface area contributed by atoms with Crippen molar-refractivity contribution in [3.63, 3.8) is 0 Å². The zero-order valence-corrected chi connectivity index (χ0v) is 12.8. The fourth-order valence-electron chi connectivity index (χ4n) is 3.11. The van der Waals surface area contributed by atoms with Crippen LogP contribution < -0.4 is 5.32 Å². The monoisotopic (exact) mass is 317 g/mol. The number of aromatic nitrogens is 2. The molecule has 2 aromatic rings. The molecule has 1 aromatic carbocycles. The second kappa shape index (κ2) is 6.91. The molecule has 122 valence electrons. The number of halogens is 1. The first-order valence-corrected chi connectivity index (χ1v) is 7.89. The molecule has 1 amide bonds. The van der Waals surface area contributed by atoms with Gasteiger partial charge in [0.1, 0.15) is 5.82 Å². The molecule has 0 radical (unpaired) electrons. The summed E-state index contributed by atoms with van der Waals surface area (Å²) in [7, 11) is 0. The molecule has 2 unspecified atom stereocenters. The largest absolute Gasteiger partial charge is 0.393 e. The minimum atomic E-state index is -0.402. The van der Waals surface area contributed by atoms with Gasteiger partial charge in [-0.2, -0.15) is 5.10 Å². The van der Waals surface area contributed by atoms with E-state index in [1.165, 1.54) is 12.3 Å². The number of amides is 1. The SMILES string of the molecule is O=C(NCC1CCCC(O)C1)c1cn[nH]c1-c1ccccc1F. The molecule has 0 spiro atoms. The molecule has 1 fully saturated rings. The van der Waals surface area contributed by atoms with E-state index in [0.717, 1.165) is 19.3 Å². The van der Waals surface area contributed by atoms with Gasteiger partial charge in [-0.3, -0.25) is 9.89 Å². The minimum absolute atomic E-state index is 0.270. The van der Waals surface area contributed by atoms with E-state index in [1.54, 1.807) is 18.2 Å². The molecule has 23 heavy (non-hydrogen) atoms. The van der Waals surface area contributed by atoms with Gasteiger partial charge in [0.15, 0.2) is 0 Å². The van der Waals surface area contributed by atoms with Crippen LogP contribution >= 0.6 is 0 Å². The van der Waals surface area contributed by atoms with Crippen LogP contribution in [0.15, 0.2) is 30.5 Å². The zero-order chi connectivity index (χ0) is 16.2. The fourth-order valence-corrected chi connectivity index (χ4v) is 3.11. The van der Waals surface area contributed by atoms with Crippen molar-refractivity contribution in [1.82, 2.24) is 15.5 Å². The van der Waals surface area contributed by atoms with Crippen LogP contribution in [-0.2, 0) is 0 Å². The van der Waals surface area contributed by atoms with E-state index in [2.05, 4.69) is 15.5 Å². The van der Waals surface area contributed by atoms with Crippen molar-refractivity contribution < 1.29 is 14.3 Å². The Labute approximate surface area is 133 Å². The van der Waals surface area contributed by atoms with E-state index in [0.29, 0.717) is 29.8 Å². The quantitative estimate of drug-likeness (QED) is 0.811. The van der Waals surface area contributed by atoms with Gasteiger partial charge in [-0.1, -0.05) is 18.6 Å². The first kappa shape index (κ1) is 15.7. The number of carbonyl (C=O) groups excluding carboxylic acids is 1. The van der Waals surface area contributed by atoms with Crippen molar-refractivity contribution in [3.05, 3.63) is 41.8 Å². The number of nitrogens with zero attached hydrogens (tertiary/aromatic N) is 1. The van der Waals surface area contributed by atoms with Crippen molar-refractivity contribution in [1.29, 1.82) is 0 Å². The zero-order valence-electron chi connectivity index (χ0n) is 12.8. The summed E-state index contributed by atoms with van der Waals surface area (Å²) in [5.41, 5.74) is 1.03. The molecule has 1 aliphatic rings. The number of aromatic amines is 1. The van der Waals surface area contributed by atoms with E-state index < -0.39 is 5.82 Å². The number of carbonyl (C=O) groups is 1. The van der Waals surface area contributed by atoms with E-state index in [-0.39, 0.29) is 17.9 Å². The Morgan fingerprint density at radius 3 is 3.00 bits per heavy atom. The predicted octanol–water partition coefficient (Wildman–Crippen LogP) is 2.50. The molecule has 5 nitrogen and oxygen atoms in total. The lowest BCUT2D eigenvalue weighted by Gasteiger charge is -2.25. The van der Waals surface area contributed by atoms with Gasteiger partial charge < -0.3 is 10.4 Å². The van der Waals surface area contributed by atoms with Crippen molar-refractivity contribution in [2.45, 2.75) is 31.8 Å².